The molecule has 2 rings (SSSR count). The molecule has 0 saturated carbocycles. The van der Waals surface area contributed by atoms with Gasteiger partial charge in [0.15, 0.2) is 0 Å². The number of hydrogen-bond donors (Lipinski definition) is 1. The Bertz CT molecular complexity index is 675. The summed E-state index contributed by atoms with van der Waals surface area (Å²) in [5.74, 6) is 0.0292. The lowest BCUT2D eigenvalue weighted by Gasteiger charge is -2.20. The minimum absolute atomic E-state index is 0.0256. The average molecular weight is 407 g/mol. The van der Waals surface area contributed by atoms with Crippen LogP contribution in [0, 0.1) is 0 Å². The summed E-state index contributed by atoms with van der Waals surface area (Å²) in [6.45, 7) is 3.13. The molecule has 0 aliphatic carbocycles. The molecule has 0 bridgehead atoms. The van der Waals surface area contributed by atoms with Crippen molar-refractivity contribution >= 4 is 33.6 Å². The van der Waals surface area contributed by atoms with Gasteiger partial charge < -0.3 is 5.32 Å². The van der Waals surface area contributed by atoms with Gasteiger partial charge in [-0.3, -0.25) is 9.69 Å². The number of nitrogens with zero attached hydrogens (tertiary/aromatic N) is 1. The molecule has 0 unspecified atom stereocenters. The van der Waals surface area contributed by atoms with E-state index in [4.69, 9.17) is 0 Å². The van der Waals surface area contributed by atoms with Gasteiger partial charge in [-0.25, -0.2) is 0 Å². The molecule has 1 amide bonds. The first-order chi connectivity index (χ1) is 11.5. The van der Waals surface area contributed by atoms with Gasteiger partial charge in [0, 0.05) is 15.9 Å². The van der Waals surface area contributed by atoms with Crippen LogP contribution in [0.4, 0.5) is 0 Å². The Morgan fingerprint density at radius 3 is 2.50 bits per heavy atom. The summed E-state index contributed by atoms with van der Waals surface area (Å²) in [7, 11) is 1.96. The highest BCUT2D eigenvalue weighted by atomic mass is 79.9. The molecule has 24 heavy (non-hydrogen) atoms. The van der Waals surface area contributed by atoms with Crippen molar-refractivity contribution in [2.45, 2.75) is 24.4 Å². The van der Waals surface area contributed by atoms with Gasteiger partial charge in [-0.2, -0.15) is 0 Å². The standard InChI is InChI=1S/C19H23BrN2OS/c1-14(17-6-4-5-7-18(17)20)21-19(23)13-22(2)12-15-8-10-16(24-3)11-9-15/h4-11,14H,12-13H2,1-3H3,(H,21,23)/t14-/m0/s1. The fourth-order valence-corrected chi connectivity index (χ4v) is 3.57. The second kappa shape index (κ2) is 9.25. The Balaban J connectivity index is 1.85. The number of benzene rings is 2. The van der Waals surface area contributed by atoms with Crippen LogP contribution in [-0.2, 0) is 11.3 Å². The molecular weight excluding hydrogens is 384 g/mol. The predicted molar refractivity (Wildman–Crippen MR) is 105 cm³/mol. The smallest absolute Gasteiger partial charge is 0.234 e. The Kier molecular flexibility index (Phi) is 7.34. The van der Waals surface area contributed by atoms with Crippen LogP contribution in [0.2, 0.25) is 0 Å². The van der Waals surface area contributed by atoms with Crippen molar-refractivity contribution in [3.8, 4) is 0 Å². The summed E-state index contributed by atoms with van der Waals surface area (Å²) < 4.78 is 1.01. The summed E-state index contributed by atoms with van der Waals surface area (Å²) in [5, 5.41) is 3.06. The molecule has 0 aromatic heterocycles. The number of rotatable bonds is 7. The lowest BCUT2D eigenvalue weighted by molar-refractivity contribution is -0.122. The molecule has 128 valence electrons. The van der Waals surface area contributed by atoms with E-state index in [1.807, 2.05) is 43.1 Å². The lowest BCUT2D eigenvalue weighted by atomic mass is 10.1. The van der Waals surface area contributed by atoms with Crippen molar-refractivity contribution in [1.29, 1.82) is 0 Å². The van der Waals surface area contributed by atoms with Gasteiger partial charge >= 0.3 is 0 Å². The van der Waals surface area contributed by atoms with Crippen molar-refractivity contribution in [3.63, 3.8) is 0 Å². The maximum atomic E-state index is 12.3. The van der Waals surface area contributed by atoms with Crippen molar-refractivity contribution < 1.29 is 4.79 Å². The number of carbonyl (C=O) groups excluding carboxylic acids is 1. The minimum Gasteiger partial charge on any atom is -0.348 e. The van der Waals surface area contributed by atoms with Crippen molar-refractivity contribution in [3.05, 3.63) is 64.1 Å². The zero-order valence-electron chi connectivity index (χ0n) is 14.3. The maximum absolute atomic E-state index is 12.3. The first-order valence-electron chi connectivity index (χ1n) is 7.85. The highest BCUT2D eigenvalue weighted by Gasteiger charge is 2.13. The van der Waals surface area contributed by atoms with Crippen LogP contribution in [0.1, 0.15) is 24.1 Å². The third-order valence-electron chi connectivity index (χ3n) is 3.77. The number of likely N-dealkylation sites (N-methyl/N-ethyl adjacent to an activating group) is 1. The Hall–Kier alpha value is -1.30. The molecule has 2 aromatic carbocycles. The number of amides is 1. The normalized spacial score (nSPS) is 12.2. The van der Waals surface area contributed by atoms with E-state index in [0.29, 0.717) is 6.54 Å². The monoisotopic (exact) mass is 406 g/mol. The van der Waals surface area contributed by atoms with E-state index in [1.54, 1.807) is 11.8 Å². The quantitative estimate of drug-likeness (QED) is 0.687. The second-order valence-electron chi connectivity index (χ2n) is 5.83. The van der Waals surface area contributed by atoms with E-state index >= 15 is 0 Å². The largest absolute Gasteiger partial charge is 0.348 e. The highest BCUT2D eigenvalue weighted by Crippen LogP contribution is 2.22. The highest BCUT2D eigenvalue weighted by molar-refractivity contribution is 9.10. The van der Waals surface area contributed by atoms with Crippen LogP contribution in [0.25, 0.3) is 0 Å². The van der Waals surface area contributed by atoms with Crippen molar-refractivity contribution in [2.75, 3.05) is 19.8 Å². The van der Waals surface area contributed by atoms with Gasteiger partial charge in [-0.1, -0.05) is 46.3 Å². The van der Waals surface area contributed by atoms with E-state index in [1.165, 1.54) is 10.5 Å². The van der Waals surface area contributed by atoms with E-state index in [0.717, 1.165) is 16.6 Å². The molecule has 0 saturated heterocycles. The summed E-state index contributed by atoms with van der Waals surface area (Å²) >= 11 is 5.26. The third kappa shape index (κ3) is 5.65. The molecule has 0 spiro atoms. The van der Waals surface area contributed by atoms with Gasteiger partial charge in [0.1, 0.15) is 0 Å². The zero-order valence-corrected chi connectivity index (χ0v) is 16.7. The molecule has 0 radical (unpaired) electrons. The summed E-state index contributed by atoms with van der Waals surface area (Å²) in [4.78, 5) is 15.5. The Labute approximate surface area is 157 Å². The third-order valence-corrected chi connectivity index (χ3v) is 5.24. The fourth-order valence-electron chi connectivity index (χ4n) is 2.53. The number of halogens is 1. The lowest BCUT2D eigenvalue weighted by Crippen LogP contribution is -2.36. The Morgan fingerprint density at radius 1 is 1.21 bits per heavy atom. The molecule has 2 aromatic rings. The van der Waals surface area contributed by atoms with E-state index < -0.39 is 0 Å². The van der Waals surface area contributed by atoms with Crippen molar-refractivity contribution in [1.82, 2.24) is 10.2 Å². The summed E-state index contributed by atoms with van der Waals surface area (Å²) in [6, 6.07) is 16.4. The molecule has 5 heteroatoms. The Morgan fingerprint density at radius 2 is 1.88 bits per heavy atom. The van der Waals surface area contributed by atoms with Gasteiger partial charge in [0.25, 0.3) is 0 Å². The molecule has 0 heterocycles. The molecule has 0 aliphatic rings. The van der Waals surface area contributed by atoms with Gasteiger partial charge in [0.05, 0.1) is 12.6 Å². The number of carbonyl (C=O) groups is 1. The molecular formula is C19H23BrN2OS. The predicted octanol–water partition coefficient (Wildman–Crippen LogP) is 4.48. The summed E-state index contributed by atoms with van der Waals surface area (Å²) in [5.41, 5.74) is 2.29. The molecule has 0 aliphatic heterocycles. The minimum atomic E-state index is -0.0256. The fraction of sp³-hybridized carbons (Fsp3) is 0.316. The van der Waals surface area contributed by atoms with Crippen LogP contribution in [0.5, 0.6) is 0 Å². The maximum Gasteiger partial charge on any atom is 0.234 e. The van der Waals surface area contributed by atoms with Crippen molar-refractivity contribution in [2.24, 2.45) is 0 Å². The van der Waals surface area contributed by atoms with Crippen LogP contribution in [-0.4, -0.2) is 30.7 Å². The van der Waals surface area contributed by atoms with E-state index in [-0.39, 0.29) is 11.9 Å². The second-order valence-corrected chi connectivity index (χ2v) is 7.57. The molecule has 1 atom stereocenters. The van der Waals surface area contributed by atoms with Gasteiger partial charge in [-0.15, -0.1) is 11.8 Å². The summed E-state index contributed by atoms with van der Waals surface area (Å²) in [6.07, 6.45) is 2.07. The number of thioether (sulfide) groups is 1. The van der Waals surface area contributed by atoms with Gasteiger partial charge in [0.2, 0.25) is 5.91 Å². The van der Waals surface area contributed by atoms with Gasteiger partial charge in [-0.05, 0) is 49.6 Å². The number of hydrogen-bond acceptors (Lipinski definition) is 3. The SMILES string of the molecule is CSc1ccc(CN(C)CC(=O)N[C@@H](C)c2ccccc2Br)cc1. The van der Waals surface area contributed by atoms with Crippen LogP contribution in [0.15, 0.2) is 57.9 Å². The molecule has 1 N–H and O–H groups in total. The average Bonchev–Trinajstić information content (AvgIpc) is 2.55. The number of nitrogens with one attached hydrogen (secondary N) is 1. The zero-order chi connectivity index (χ0) is 17.5. The topological polar surface area (TPSA) is 32.3 Å². The first kappa shape index (κ1) is 19.0. The van der Waals surface area contributed by atoms with Crippen LogP contribution < -0.4 is 5.32 Å². The van der Waals surface area contributed by atoms with E-state index in [2.05, 4.69) is 51.8 Å². The first-order valence-corrected chi connectivity index (χ1v) is 9.86. The van der Waals surface area contributed by atoms with E-state index in [9.17, 15) is 4.79 Å². The molecule has 0 fully saturated rings. The van der Waals surface area contributed by atoms with Crippen LogP contribution in [0.3, 0.4) is 0 Å². The van der Waals surface area contributed by atoms with Crippen LogP contribution >= 0.6 is 27.7 Å². The molecule has 3 nitrogen and oxygen atoms in total.